The summed E-state index contributed by atoms with van der Waals surface area (Å²) in [5.41, 5.74) is 0.291. The van der Waals surface area contributed by atoms with Crippen molar-refractivity contribution in [3.63, 3.8) is 0 Å². The molecular weight excluding hydrogens is 281 g/mol. The molecule has 1 atom stereocenters. The van der Waals surface area contributed by atoms with E-state index in [1.165, 1.54) is 12.1 Å². The molecule has 20 heavy (non-hydrogen) atoms. The first-order valence-corrected chi connectivity index (χ1v) is 7.11. The van der Waals surface area contributed by atoms with Crippen LogP contribution in [0.15, 0.2) is 18.2 Å². The molecule has 0 aliphatic heterocycles. The second-order valence-corrected chi connectivity index (χ2v) is 6.44. The van der Waals surface area contributed by atoms with Crippen molar-refractivity contribution in [2.45, 2.75) is 39.2 Å². The molecule has 3 nitrogen and oxygen atoms in total. The second kappa shape index (κ2) is 6.00. The Balaban J connectivity index is 1.81. The lowest BCUT2D eigenvalue weighted by Crippen LogP contribution is -2.36. The Labute approximate surface area is 123 Å². The van der Waals surface area contributed by atoms with Gasteiger partial charge in [-0.05, 0) is 42.9 Å². The molecule has 110 valence electrons. The lowest BCUT2D eigenvalue weighted by Gasteiger charge is -2.18. The zero-order valence-corrected chi connectivity index (χ0v) is 12.5. The van der Waals surface area contributed by atoms with Gasteiger partial charge in [-0.2, -0.15) is 0 Å². The first kappa shape index (κ1) is 15.1. The highest BCUT2D eigenvalue weighted by Gasteiger charge is 2.31. The highest BCUT2D eigenvalue weighted by Crippen LogP contribution is 2.36. The number of ether oxygens (including phenoxy) is 1. The van der Waals surface area contributed by atoms with Gasteiger partial charge in [0.25, 0.3) is 5.91 Å². The van der Waals surface area contributed by atoms with Gasteiger partial charge in [0.2, 0.25) is 0 Å². The zero-order chi connectivity index (χ0) is 14.8. The minimum Gasteiger partial charge on any atom is -0.482 e. The quantitative estimate of drug-likeness (QED) is 0.923. The zero-order valence-electron chi connectivity index (χ0n) is 11.7. The van der Waals surface area contributed by atoms with Crippen molar-refractivity contribution >= 4 is 17.5 Å². The van der Waals surface area contributed by atoms with Crippen LogP contribution in [0, 0.1) is 11.2 Å². The molecule has 1 amide bonds. The van der Waals surface area contributed by atoms with Gasteiger partial charge in [0, 0.05) is 6.04 Å². The summed E-state index contributed by atoms with van der Waals surface area (Å²) in [6.45, 7) is 4.30. The van der Waals surface area contributed by atoms with E-state index in [-0.39, 0.29) is 23.6 Å². The standard InChI is InChI=1S/C15H19ClFNO2/c1-15(2)6-5-11(8-15)18-14(19)9-20-13-4-3-10(17)7-12(13)16/h3-4,7,11H,5-6,8-9H2,1-2H3,(H,18,19). The van der Waals surface area contributed by atoms with Crippen molar-refractivity contribution in [3.05, 3.63) is 29.0 Å². The summed E-state index contributed by atoms with van der Waals surface area (Å²) >= 11 is 5.82. The fourth-order valence-corrected chi connectivity index (χ4v) is 2.79. The molecular formula is C15H19ClFNO2. The van der Waals surface area contributed by atoms with E-state index in [0.29, 0.717) is 11.2 Å². The minimum absolute atomic E-state index is 0.109. The monoisotopic (exact) mass is 299 g/mol. The fourth-order valence-electron chi connectivity index (χ4n) is 2.56. The lowest BCUT2D eigenvalue weighted by atomic mass is 9.92. The Morgan fingerprint density at radius 1 is 1.55 bits per heavy atom. The van der Waals surface area contributed by atoms with E-state index < -0.39 is 5.82 Å². The summed E-state index contributed by atoms with van der Waals surface area (Å²) in [5.74, 6) is -0.289. The van der Waals surface area contributed by atoms with Crippen LogP contribution in [0.4, 0.5) is 4.39 Å². The number of rotatable bonds is 4. The molecule has 0 bridgehead atoms. The van der Waals surface area contributed by atoms with Crippen molar-refractivity contribution < 1.29 is 13.9 Å². The maximum Gasteiger partial charge on any atom is 0.258 e. The number of carbonyl (C=O) groups excluding carboxylic acids is 1. The van der Waals surface area contributed by atoms with E-state index in [1.54, 1.807) is 0 Å². The smallest absolute Gasteiger partial charge is 0.258 e. The average Bonchev–Trinajstić information content (AvgIpc) is 2.67. The Hall–Kier alpha value is -1.29. The molecule has 1 aliphatic carbocycles. The molecule has 1 fully saturated rings. The van der Waals surface area contributed by atoms with Crippen LogP contribution in [0.3, 0.4) is 0 Å². The first-order chi connectivity index (χ1) is 9.35. The van der Waals surface area contributed by atoms with Gasteiger partial charge in [-0.1, -0.05) is 25.4 Å². The number of halogens is 2. The molecule has 0 radical (unpaired) electrons. The van der Waals surface area contributed by atoms with E-state index in [4.69, 9.17) is 16.3 Å². The van der Waals surface area contributed by atoms with Gasteiger partial charge in [0.15, 0.2) is 6.61 Å². The number of hydrogen-bond donors (Lipinski definition) is 1. The maximum atomic E-state index is 12.9. The average molecular weight is 300 g/mol. The van der Waals surface area contributed by atoms with Gasteiger partial charge in [-0.25, -0.2) is 4.39 Å². The molecule has 2 rings (SSSR count). The van der Waals surface area contributed by atoms with Crippen LogP contribution in [0.2, 0.25) is 5.02 Å². The van der Waals surface area contributed by atoms with E-state index in [9.17, 15) is 9.18 Å². The van der Waals surface area contributed by atoms with Crippen LogP contribution in [0.1, 0.15) is 33.1 Å². The molecule has 1 aliphatic rings. The molecule has 0 spiro atoms. The van der Waals surface area contributed by atoms with Gasteiger partial charge < -0.3 is 10.1 Å². The van der Waals surface area contributed by atoms with E-state index in [2.05, 4.69) is 19.2 Å². The second-order valence-electron chi connectivity index (χ2n) is 6.03. The third-order valence-electron chi connectivity index (χ3n) is 3.59. The SMILES string of the molecule is CC1(C)CCC(NC(=O)COc2ccc(F)cc2Cl)C1. The van der Waals surface area contributed by atoms with Crippen molar-refractivity contribution in [1.82, 2.24) is 5.32 Å². The lowest BCUT2D eigenvalue weighted by molar-refractivity contribution is -0.123. The molecule has 1 aromatic carbocycles. The number of benzene rings is 1. The molecule has 0 saturated heterocycles. The normalized spacial score (nSPS) is 20.7. The predicted octanol–water partition coefficient (Wildman–Crippen LogP) is 3.55. The van der Waals surface area contributed by atoms with Crippen LogP contribution in [0.5, 0.6) is 5.75 Å². The van der Waals surface area contributed by atoms with Crippen LogP contribution in [-0.2, 0) is 4.79 Å². The minimum atomic E-state index is -0.431. The molecule has 1 aromatic rings. The third-order valence-corrected chi connectivity index (χ3v) is 3.88. The summed E-state index contributed by atoms with van der Waals surface area (Å²) in [6, 6.07) is 4.04. The molecule has 5 heteroatoms. The first-order valence-electron chi connectivity index (χ1n) is 6.73. The number of nitrogens with one attached hydrogen (secondary N) is 1. The van der Waals surface area contributed by atoms with Crippen molar-refractivity contribution in [1.29, 1.82) is 0 Å². The Kier molecular flexibility index (Phi) is 4.53. The Bertz CT molecular complexity index is 505. The predicted molar refractivity (Wildman–Crippen MR) is 76.5 cm³/mol. The summed E-state index contributed by atoms with van der Waals surface area (Å²) in [4.78, 5) is 11.8. The third kappa shape index (κ3) is 4.10. The van der Waals surface area contributed by atoms with E-state index in [0.717, 1.165) is 25.3 Å². The van der Waals surface area contributed by atoms with Crippen LogP contribution >= 0.6 is 11.6 Å². The van der Waals surface area contributed by atoms with Crippen LogP contribution in [0.25, 0.3) is 0 Å². The van der Waals surface area contributed by atoms with Gasteiger partial charge >= 0.3 is 0 Å². The van der Waals surface area contributed by atoms with Gasteiger partial charge in [0.1, 0.15) is 11.6 Å². The van der Waals surface area contributed by atoms with Gasteiger partial charge in [0.05, 0.1) is 5.02 Å². The highest BCUT2D eigenvalue weighted by atomic mass is 35.5. The number of amides is 1. The number of carbonyl (C=O) groups is 1. The van der Waals surface area contributed by atoms with E-state index >= 15 is 0 Å². The van der Waals surface area contributed by atoms with Gasteiger partial charge in [-0.15, -0.1) is 0 Å². The summed E-state index contributed by atoms with van der Waals surface area (Å²) in [5, 5.41) is 3.12. The largest absolute Gasteiger partial charge is 0.482 e. The van der Waals surface area contributed by atoms with Gasteiger partial charge in [-0.3, -0.25) is 4.79 Å². The van der Waals surface area contributed by atoms with Crippen molar-refractivity contribution in [2.75, 3.05) is 6.61 Å². The van der Waals surface area contributed by atoms with Crippen LogP contribution < -0.4 is 10.1 Å². The maximum absolute atomic E-state index is 12.9. The molecule has 1 unspecified atom stereocenters. The summed E-state index contributed by atoms with van der Waals surface area (Å²) in [7, 11) is 0. The van der Waals surface area contributed by atoms with Crippen molar-refractivity contribution in [3.8, 4) is 5.75 Å². The van der Waals surface area contributed by atoms with Crippen molar-refractivity contribution in [2.24, 2.45) is 5.41 Å². The molecule has 1 saturated carbocycles. The summed E-state index contributed by atoms with van der Waals surface area (Å²) < 4.78 is 18.2. The Morgan fingerprint density at radius 2 is 2.30 bits per heavy atom. The van der Waals surface area contributed by atoms with E-state index in [1.807, 2.05) is 0 Å². The summed E-state index contributed by atoms with van der Waals surface area (Å²) in [6.07, 6.45) is 3.09. The molecule has 0 aromatic heterocycles. The fraction of sp³-hybridized carbons (Fsp3) is 0.533. The topological polar surface area (TPSA) is 38.3 Å². The molecule has 1 N–H and O–H groups in total. The molecule has 0 heterocycles. The highest BCUT2D eigenvalue weighted by molar-refractivity contribution is 6.32. The number of hydrogen-bond acceptors (Lipinski definition) is 2. The van der Waals surface area contributed by atoms with Crippen LogP contribution in [-0.4, -0.2) is 18.6 Å². The Morgan fingerprint density at radius 3 is 2.90 bits per heavy atom.